The SMILES string of the molecule is CC(N)c1ccc(OC2CCC(C)(C)CC2)cn1. The number of aromatic nitrogens is 1. The highest BCUT2D eigenvalue weighted by atomic mass is 16.5. The summed E-state index contributed by atoms with van der Waals surface area (Å²) in [4.78, 5) is 4.32. The molecule has 3 heteroatoms. The van der Waals surface area contributed by atoms with E-state index in [1.54, 1.807) is 6.20 Å². The van der Waals surface area contributed by atoms with Crippen molar-refractivity contribution in [2.75, 3.05) is 0 Å². The van der Waals surface area contributed by atoms with Crippen molar-refractivity contribution in [3.63, 3.8) is 0 Å². The molecular formula is C15H24N2O. The number of rotatable bonds is 3. The third kappa shape index (κ3) is 3.45. The molecule has 1 heterocycles. The number of hydrogen-bond donors (Lipinski definition) is 1. The first-order chi connectivity index (χ1) is 8.46. The molecule has 1 aromatic rings. The van der Waals surface area contributed by atoms with Crippen molar-refractivity contribution >= 4 is 0 Å². The van der Waals surface area contributed by atoms with Crippen molar-refractivity contribution in [2.45, 2.75) is 58.6 Å². The highest BCUT2D eigenvalue weighted by Gasteiger charge is 2.27. The average Bonchev–Trinajstić information content (AvgIpc) is 2.33. The Kier molecular flexibility index (Phi) is 3.91. The Labute approximate surface area is 110 Å². The van der Waals surface area contributed by atoms with E-state index in [-0.39, 0.29) is 6.04 Å². The quantitative estimate of drug-likeness (QED) is 0.891. The number of ether oxygens (including phenoxy) is 1. The van der Waals surface area contributed by atoms with Gasteiger partial charge in [-0.15, -0.1) is 0 Å². The standard InChI is InChI=1S/C15H24N2O/c1-11(16)14-5-4-13(10-17-14)18-12-6-8-15(2,3)9-7-12/h4-5,10-12H,6-9,16H2,1-3H3. The number of hydrogen-bond acceptors (Lipinski definition) is 3. The summed E-state index contributed by atoms with van der Waals surface area (Å²) in [6.07, 6.45) is 6.90. The second-order valence-electron chi connectivity index (χ2n) is 6.19. The van der Waals surface area contributed by atoms with Crippen LogP contribution in [0.2, 0.25) is 0 Å². The first kappa shape index (κ1) is 13.3. The van der Waals surface area contributed by atoms with Crippen molar-refractivity contribution < 1.29 is 4.74 Å². The van der Waals surface area contributed by atoms with E-state index in [0.717, 1.165) is 24.3 Å². The fourth-order valence-electron chi connectivity index (χ4n) is 2.41. The highest BCUT2D eigenvalue weighted by molar-refractivity contribution is 5.21. The van der Waals surface area contributed by atoms with E-state index in [9.17, 15) is 0 Å². The Hall–Kier alpha value is -1.09. The maximum Gasteiger partial charge on any atom is 0.138 e. The lowest BCUT2D eigenvalue weighted by Gasteiger charge is -2.34. The van der Waals surface area contributed by atoms with E-state index in [4.69, 9.17) is 10.5 Å². The van der Waals surface area contributed by atoms with Crippen LogP contribution in [-0.4, -0.2) is 11.1 Å². The van der Waals surface area contributed by atoms with Crippen molar-refractivity contribution in [3.05, 3.63) is 24.0 Å². The Bertz CT molecular complexity index is 374. The summed E-state index contributed by atoms with van der Waals surface area (Å²) in [6.45, 7) is 6.61. The van der Waals surface area contributed by atoms with Gasteiger partial charge in [-0.2, -0.15) is 0 Å². The van der Waals surface area contributed by atoms with Gasteiger partial charge in [0.05, 0.1) is 18.0 Å². The van der Waals surface area contributed by atoms with Crippen LogP contribution in [0.4, 0.5) is 0 Å². The van der Waals surface area contributed by atoms with Crippen molar-refractivity contribution in [1.29, 1.82) is 0 Å². The van der Waals surface area contributed by atoms with Crippen LogP contribution in [0.3, 0.4) is 0 Å². The van der Waals surface area contributed by atoms with E-state index in [2.05, 4.69) is 18.8 Å². The average molecular weight is 248 g/mol. The van der Waals surface area contributed by atoms with Crippen LogP contribution in [0.15, 0.2) is 18.3 Å². The minimum atomic E-state index is -0.0190. The maximum absolute atomic E-state index is 5.98. The predicted molar refractivity (Wildman–Crippen MR) is 73.5 cm³/mol. The molecule has 100 valence electrons. The first-order valence-corrected chi connectivity index (χ1v) is 6.84. The number of pyridine rings is 1. The Morgan fingerprint density at radius 2 is 2.00 bits per heavy atom. The molecule has 2 rings (SSSR count). The van der Waals surface area contributed by atoms with Gasteiger partial charge in [-0.05, 0) is 50.2 Å². The van der Waals surface area contributed by atoms with Crippen LogP contribution < -0.4 is 10.5 Å². The van der Waals surface area contributed by atoms with Crippen molar-refractivity contribution in [3.8, 4) is 5.75 Å². The maximum atomic E-state index is 5.98. The summed E-state index contributed by atoms with van der Waals surface area (Å²) in [6, 6.07) is 3.91. The summed E-state index contributed by atoms with van der Waals surface area (Å²) in [5.74, 6) is 0.865. The molecule has 0 bridgehead atoms. The minimum Gasteiger partial charge on any atom is -0.489 e. The lowest BCUT2D eigenvalue weighted by atomic mass is 9.76. The molecule has 1 fully saturated rings. The van der Waals surface area contributed by atoms with Gasteiger partial charge in [0.2, 0.25) is 0 Å². The van der Waals surface area contributed by atoms with Gasteiger partial charge < -0.3 is 10.5 Å². The molecule has 0 aromatic carbocycles. The molecule has 0 saturated heterocycles. The largest absolute Gasteiger partial charge is 0.489 e. The molecule has 2 N–H and O–H groups in total. The lowest BCUT2D eigenvalue weighted by Crippen LogP contribution is -2.28. The molecule has 1 aliphatic carbocycles. The van der Waals surface area contributed by atoms with Crippen LogP contribution >= 0.6 is 0 Å². The van der Waals surface area contributed by atoms with E-state index in [0.29, 0.717) is 11.5 Å². The predicted octanol–water partition coefficient (Wildman–Crippen LogP) is 3.45. The number of nitrogens with two attached hydrogens (primary N) is 1. The summed E-state index contributed by atoms with van der Waals surface area (Å²) in [7, 11) is 0. The molecular weight excluding hydrogens is 224 g/mol. The first-order valence-electron chi connectivity index (χ1n) is 6.84. The Balaban J connectivity index is 1.90. The van der Waals surface area contributed by atoms with Crippen LogP contribution in [0, 0.1) is 5.41 Å². The van der Waals surface area contributed by atoms with Gasteiger partial charge in [-0.3, -0.25) is 4.98 Å². The number of nitrogens with zero attached hydrogens (tertiary/aromatic N) is 1. The van der Waals surface area contributed by atoms with Gasteiger partial charge in [0.25, 0.3) is 0 Å². The molecule has 3 nitrogen and oxygen atoms in total. The van der Waals surface area contributed by atoms with E-state index < -0.39 is 0 Å². The van der Waals surface area contributed by atoms with E-state index >= 15 is 0 Å². The minimum absolute atomic E-state index is 0.0190. The van der Waals surface area contributed by atoms with E-state index in [1.165, 1.54) is 12.8 Å². The van der Waals surface area contributed by atoms with Gasteiger partial charge in [0, 0.05) is 6.04 Å². The second kappa shape index (κ2) is 5.27. The van der Waals surface area contributed by atoms with Gasteiger partial charge in [-0.25, -0.2) is 0 Å². The summed E-state index contributed by atoms with van der Waals surface area (Å²) >= 11 is 0. The molecule has 1 atom stereocenters. The smallest absolute Gasteiger partial charge is 0.138 e. The van der Waals surface area contributed by atoms with Crippen molar-refractivity contribution in [2.24, 2.45) is 11.1 Å². The monoisotopic (exact) mass is 248 g/mol. The molecule has 0 amide bonds. The third-order valence-electron chi connectivity index (χ3n) is 3.81. The molecule has 1 aromatic heterocycles. The summed E-state index contributed by atoms with van der Waals surface area (Å²) < 4.78 is 5.98. The topological polar surface area (TPSA) is 48.1 Å². The summed E-state index contributed by atoms with van der Waals surface area (Å²) in [5.41, 5.74) is 7.17. The van der Waals surface area contributed by atoms with E-state index in [1.807, 2.05) is 19.1 Å². The van der Waals surface area contributed by atoms with Crippen LogP contribution in [0.5, 0.6) is 5.75 Å². The zero-order valence-corrected chi connectivity index (χ0v) is 11.6. The highest BCUT2D eigenvalue weighted by Crippen LogP contribution is 2.36. The molecule has 1 unspecified atom stereocenters. The normalized spacial score (nSPS) is 21.6. The molecule has 1 saturated carbocycles. The second-order valence-corrected chi connectivity index (χ2v) is 6.19. The third-order valence-corrected chi connectivity index (χ3v) is 3.81. The van der Waals surface area contributed by atoms with Gasteiger partial charge in [-0.1, -0.05) is 13.8 Å². The Morgan fingerprint density at radius 3 is 2.50 bits per heavy atom. The Morgan fingerprint density at radius 1 is 1.33 bits per heavy atom. The molecule has 0 aliphatic heterocycles. The van der Waals surface area contributed by atoms with Crippen LogP contribution in [0.1, 0.15) is 58.2 Å². The van der Waals surface area contributed by atoms with Gasteiger partial charge in [0.1, 0.15) is 5.75 Å². The van der Waals surface area contributed by atoms with Crippen LogP contribution in [-0.2, 0) is 0 Å². The fourth-order valence-corrected chi connectivity index (χ4v) is 2.41. The molecule has 18 heavy (non-hydrogen) atoms. The van der Waals surface area contributed by atoms with Gasteiger partial charge in [0.15, 0.2) is 0 Å². The zero-order valence-electron chi connectivity index (χ0n) is 11.6. The van der Waals surface area contributed by atoms with Crippen LogP contribution in [0.25, 0.3) is 0 Å². The van der Waals surface area contributed by atoms with Crippen molar-refractivity contribution in [1.82, 2.24) is 4.98 Å². The molecule has 1 aliphatic rings. The summed E-state index contributed by atoms with van der Waals surface area (Å²) in [5, 5.41) is 0. The lowest BCUT2D eigenvalue weighted by molar-refractivity contribution is 0.0984. The molecule has 0 spiro atoms. The molecule has 0 radical (unpaired) electrons. The zero-order chi connectivity index (χ0) is 13.2. The fraction of sp³-hybridized carbons (Fsp3) is 0.667. The van der Waals surface area contributed by atoms with Gasteiger partial charge >= 0.3 is 0 Å².